The van der Waals surface area contributed by atoms with Crippen LogP contribution in [0.3, 0.4) is 0 Å². The maximum Gasteiger partial charge on any atom is 0.246 e. The number of likely N-dealkylation sites (tertiary alicyclic amines) is 1. The number of H-pyrrole nitrogens is 1. The average Bonchev–Trinajstić information content (AvgIpc) is 3.43. The van der Waals surface area contributed by atoms with E-state index in [-0.39, 0.29) is 29.8 Å². The quantitative estimate of drug-likeness (QED) is 0.385. The first kappa shape index (κ1) is 26.4. The first-order valence-corrected chi connectivity index (χ1v) is 14.5. The van der Waals surface area contributed by atoms with Gasteiger partial charge in [0.1, 0.15) is 13.2 Å². The second-order valence-corrected chi connectivity index (χ2v) is 11.3. The molecule has 2 aromatic carbocycles. The molecule has 40 heavy (non-hydrogen) atoms. The number of amides is 2. The highest BCUT2D eigenvalue weighted by Gasteiger charge is 2.34. The summed E-state index contributed by atoms with van der Waals surface area (Å²) in [7, 11) is 0. The molecule has 3 heterocycles. The number of nitrogens with two attached hydrogens (primary N) is 1. The van der Waals surface area contributed by atoms with Crippen LogP contribution in [-0.4, -0.2) is 60.1 Å². The molecule has 210 valence electrons. The molecular formula is C32H38N4O4. The van der Waals surface area contributed by atoms with Crippen LogP contribution in [0.4, 0.5) is 0 Å². The second-order valence-electron chi connectivity index (χ2n) is 11.3. The number of aromatic amines is 1. The monoisotopic (exact) mass is 542 g/mol. The zero-order valence-electron chi connectivity index (χ0n) is 22.8. The molecule has 1 unspecified atom stereocenters. The topological polar surface area (TPSA) is 110 Å². The Morgan fingerprint density at radius 3 is 2.50 bits per heavy atom. The van der Waals surface area contributed by atoms with E-state index in [1.54, 1.807) is 6.08 Å². The van der Waals surface area contributed by atoms with Gasteiger partial charge in [-0.2, -0.15) is 0 Å². The van der Waals surface area contributed by atoms with E-state index in [9.17, 15) is 9.59 Å². The lowest BCUT2D eigenvalue weighted by atomic mass is 9.80. The molecule has 1 aromatic heterocycles. The first-order chi connectivity index (χ1) is 19.5. The van der Waals surface area contributed by atoms with E-state index in [1.165, 1.54) is 16.5 Å². The summed E-state index contributed by atoms with van der Waals surface area (Å²) in [5.74, 6) is 1.80. The summed E-state index contributed by atoms with van der Waals surface area (Å²) in [5.41, 5.74) is 9.38. The fourth-order valence-electron chi connectivity index (χ4n) is 6.60. The molecule has 6 rings (SSSR count). The van der Waals surface area contributed by atoms with Crippen molar-refractivity contribution in [1.82, 2.24) is 15.2 Å². The molecule has 2 aliphatic heterocycles. The summed E-state index contributed by atoms with van der Waals surface area (Å²) in [5, 5.41) is 4.94. The third-order valence-electron chi connectivity index (χ3n) is 8.82. The fourth-order valence-corrected chi connectivity index (χ4v) is 6.60. The van der Waals surface area contributed by atoms with Crippen molar-refractivity contribution in [1.29, 1.82) is 0 Å². The molecule has 3 aromatic rings. The number of piperidine rings is 1. The van der Waals surface area contributed by atoms with Crippen molar-refractivity contribution in [3.05, 3.63) is 65.9 Å². The number of carbonyl (C=O) groups excluding carboxylic acids is 2. The van der Waals surface area contributed by atoms with Gasteiger partial charge in [-0.15, -0.1) is 0 Å². The van der Waals surface area contributed by atoms with E-state index >= 15 is 0 Å². The number of ether oxygens (including phenoxy) is 2. The van der Waals surface area contributed by atoms with Crippen molar-refractivity contribution in [2.45, 2.75) is 56.5 Å². The van der Waals surface area contributed by atoms with E-state index in [1.807, 2.05) is 29.2 Å². The molecular weight excluding hydrogens is 504 g/mol. The van der Waals surface area contributed by atoms with Crippen molar-refractivity contribution in [2.24, 2.45) is 11.7 Å². The summed E-state index contributed by atoms with van der Waals surface area (Å²) < 4.78 is 11.2. The third kappa shape index (κ3) is 5.72. The van der Waals surface area contributed by atoms with Gasteiger partial charge in [-0.1, -0.05) is 24.3 Å². The van der Waals surface area contributed by atoms with Crippen molar-refractivity contribution in [2.75, 3.05) is 26.3 Å². The Balaban J connectivity index is 0.996. The molecule has 2 amide bonds. The van der Waals surface area contributed by atoms with Crippen LogP contribution >= 0.6 is 0 Å². The molecule has 1 saturated carbocycles. The van der Waals surface area contributed by atoms with Gasteiger partial charge in [0.05, 0.1) is 6.04 Å². The lowest BCUT2D eigenvalue weighted by molar-refractivity contribution is -0.128. The number of carbonyl (C=O) groups is 2. The first-order valence-electron chi connectivity index (χ1n) is 14.5. The highest BCUT2D eigenvalue weighted by Crippen LogP contribution is 2.37. The second kappa shape index (κ2) is 11.8. The van der Waals surface area contributed by atoms with Gasteiger partial charge in [0.15, 0.2) is 11.5 Å². The molecule has 8 heteroatoms. The summed E-state index contributed by atoms with van der Waals surface area (Å²) >= 11 is 0. The molecule has 1 saturated heterocycles. The number of rotatable bonds is 7. The third-order valence-corrected chi connectivity index (χ3v) is 8.82. The Kier molecular flexibility index (Phi) is 7.77. The standard InChI is InChI=1S/C32H38N4O4/c33-32(38)31(35-24-9-7-22(8-10-24)26-20-34-27-4-2-1-3-25(26)27)23-13-15-36(16-14-23)30(37)12-6-21-5-11-28-29(19-21)40-18-17-39-28/h1-6,11-12,19-20,22-24,31,34-35H,7-10,13-18H2,(H2,33,38). The zero-order chi connectivity index (χ0) is 27.5. The number of para-hydroxylation sites is 1. The van der Waals surface area contributed by atoms with Gasteiger partial charge in [-0.05, 0) is 85.8 Å². The van der Waals surface area contributed by atoms with Gasteiger partial charge in [-0.3, -0.25) is 9.59 Å². The lowest BCUT2D eigenvalue weighted by Gasteiger charge is -2.38. The molecule has 3 aliphatic rings. The number of nitrogens with zero attached hydrogens (tertiary/aromatic N) is 1. The number of nitrogens with one attached hydrogen (secondary N) is 2. The minimum absolute atomic E-state index is 0.0208. The van der Waals surface area contributed by atoms with Crippen molar-refractivity contribution >= 4 is 28.8 Å². The minimum Gasteiger partial charge on any atom is -0.486 e. The Morgan fingerprint density at radius 1 is 0.975 bits per heavy atom. The van der Waals surface area contributed by atoms with Crippen LogP contribution in [0.2, 0.25) is 0 Å². The molecule has 0 spiro atoms. The highest BCUT2D eigenvalue weighted by atomic mass is 16.6. The van der Waals surface area contributed by atoms with E-state index in [0.29, 0.717) is 38.0 Å². The number of fused-ring (bicyclic) bond motifs is 2. The highest BCUT2D eigenvalue weighted by molar-refractivity contribution is 5.92. The number of aromatic nitrogens is 1. The van der Waals surface area contributed by atoms with Gasteiger partial charge in [-0.25, -0.2) is 0 Å². The van der Waals surface area contributed by atoms with Crippen LogP contribution in [0, 0.1) is 5.92 Å². The van der Waals surface area contributed by atoms with Gasteiger partial charge in [0.25, 0.3) is 0 Å². The molecule has 0 radical (unpaired) electrons. The maximum atomic E-state index is 12.9. The van der Waals surface area contributed by atoms with E-state index in [0.717, 1.165) is 49.8 Å². The molecule has 4 N–H and O–H groups in total. The van der Waals surface area contributed by atoms with Crippen molar-refractivity contribution in [3.63, 3.8) is 0 Å². The van der Waals surface area contributed by atoms with E-state index < -0.39 is 0 Å². The molecule has 8 nitrogen and oxygen atoms in total. The number of primary amides is 1. The number of hydrogen-bond donors (Lipinski definition) is 3. The molecule has 0 bridgehead atoms. The van der Waals surface area contributed by atoms with Gasteiger partial charge in [0, 0.05) is 42.3 Å². The summed E-state index contributed by atoms with van der Waals surface area (Å²) in [6.07, 6.45) is 11.3. The Bertz CT molecular complexity index is 1380. The van der Waals surface area contributed by atoms with Gasteiger partial charge in [0.2, 0.25) is 11.8 Å². The lowest BCUT2D eigenvalue weighted by Crippen LogP contribution is -2.54. The van der Waals surface area contributed by atoms with Crippen LogP contribution in [0.1, 0.15) is 55.6 Å². The van der Waals surface area contributed by atoms with E-state index in [4.69, 9.17) is 15.2 Å². The Morgan fingerprint density at radius 2 is 1.73 bits per heavy atom. The van der Waals surface area contributed by atoms with Crippen LogP contribution < -0.4 is 20.5 Å². The number of benzene rings is 2. The SMILES string of the molecule is NC(=O)C(NC1CCC(c2c[nH]c3ccccc23)CC1)C1CCN(C(=O)C=Cc2ccc3c(c2)OCCO3)CC1. The Hall–Kier alpha value is -3.78. The summed E-state index contributed by atoms with van der Waals surface area (Å²) in [6.45, 7) is 2.32. The van der Waals surface area contributed by atoms with Crippen LogP contribution in [0.5, 0.6) is 11.5 Å². The normalized spacial score (nSPS) is 22.4. The zero-order valence-corrected chi connectivity index (χ0v) is 22.8. The smallest absolute Gasteiger partial charge is 0.246 e. The van der Waals surface area contributed by atoms with Crippen molar-refractivity contribution < 1.29 is 19.1 Å². The predicted molar refractivity (Wildman–Crippen MR) is 155 cm³/mol. The van der Waals surface area contributed by atoms with Gasteiger partial charge >= 0.3 is 0 Å². The maximum absolute atomic E-state index is 12.9. The minimum atomic E-state index is -0.361. The number of hydrogen-bond acceptors (Lipinski definition) is 5. The molecule has 1 atom stereocenters. The summed E-state index contributed by atoms with van der Waals surface area (Å²) in [4.78, 5) is 30.6. The van der Waals surface area contributed by atoms with E-state index in [2.05, 4.69) is 40.8 Å². The Labute approximate surface area is 234 Å². The average molecular weight is 543 g/mol. The van der Waals surface area contributed by atoms with Crippen molar-refractivity contribution in [3.8, 4) is 11.5 Å². The van der Waals surface area contributed by atoms with Crippen LogP contribution in [0.25, 0.3) is 17.0 Å². The molecule has 1 aliphatic carbocycles. The summed E-state index contributed by atoms with van der Waals surface area (Å²) in [6, 6.07) is 14.1. The predicted octanol–water partition coefficient (Wildman–Crippen LogP) is 4.36. The fraction of sp³-hybridized carbons (Fsp3) is 0.438. The molecule has 2 fully saturated rings. The van der Waals surface area contributed by atoms with Gasteiger partial charge < -0.3 is 30.4 Å². The van der Waals surface area contributed by atoms with Crippen LogP contribution in [0.15, 0.2) is 54.7 Å². The largest absolute Gasteiger partial charge is 0.486 e. The van der Waals surface area contributed by atoms with Crippen LogP contribution in [-0.2, 0) is 9.59 Å².